The number of benzene rings is 1. The van der Waals surface area contributed by atoms with Crippen LogP contribution >= 0.6 is 12.4 Å². The Morgan fingerprint density at radius 1 is 1.35 bits per heavy atom. The molecule has 20 heavy (non-hydrogen) atoms. The molecule has 3 N–H and O–H groups in total. The van der Waals surface area contributed by atoms with Crippen molar-refractivity contribution in [3.8, 4) is 0 Å². The van der Waals surface area contributed by atoms with E-state index in [1.165, 1.54) is 0 Å². The summed E-state index contributed by atoms with van der Waals surface area (Å²) in [5, 5.41) is 2.74. The van der Waals surface area contributed by atoms with Gasteiger partial charge in [-0.3, -0.25) is 4.79 Å². The summed E-state index contributed by atoms with van der Waals surface area (Å²) in [5.41, 5.74) is 5.85. The zero-order chi connectivity index (χ0) is 14.5. The fourth-order valence-corrected chi connectivity index (χ4v) is 1.33. The zero-order valence-electron chi connectivity index (χ0n) is 11.9. The number of hydrogen-bond donors (Lipinski definition) is 2. The van der Waals surface area contributed by atoms with E-state index in [4.69, 9.17) is 10.5 Å². The zero-order valence-corrected chi connectivity index (χ0v) is 12.8. The van der Waals surface area contributed by atoms with Crippen molar-refractivity contribution in [3.05, 3.63) is 29.8 Å². The van der Waals surface area contributed by atoms with Crippen LogP contribution in [-0.2, 0) is 9.53 Å². The monoisotopic (exact) mass is 300 g/mol. The molecule has 112 valence electrons. The molecular weight excluding hydrogens is 280 g/mol. The molecule has 0 unspecified atom stereocenters. The van der Waals surface area contributed by atoms with Gasteiger partial charge in [-0.05, 0) is 39.0 Å². The summed E-state index contributed by atoms with van der Waals surface area (Å²) in [7, 11) is 0. The van der Waals surface area contributed by atoms with Crippen LogP contribution in [0.5, 0.6) is 0 Å². The Labute approximate surface area is 125 Å². The Balaban J connectivity index is 0.00000361. The van der Waals surface area contributed by atoms with Crippen molar-refractivity contribution >= 4 is 30.0 Å². The first-order valence-corrected chi connectivity index (χ1v) is 6.19. The SMILES string of the molecule is CCOC(=O)c1cccc(NC(=O)C(C)(C)CN)c1.Cl. The van der Waals surface area contributed by atoms with Gasteiger partial charge in [-0.25, -0.2) is 4.79 Å². The summed E-state index contributed by atoms with van der Waals surface area (Å²) in [6.07, 6.45) is 0. The van der Waals surface area contributed by atoms with Gasteiger partial charge >= 0.3 is 5.97 Å². The summed E-state index contributed by atoms with van der Waals surface area (Å²) in [6, 6.07) is 6.63. The average Bonchev–Trinajstić information content (AvgIpc) is 2.39. The number of hydrogen-bond acceptors (Lipinski definition) is 4. The quantitative estimate of drug-likeness (QED) is 0.817. The summed E-state index contributed by atoms with van der Waals surface area (Å²) >= 11 is 0. The number of amides is 1. The summed E-state index contributed by atoms with van der Waals surface area (Å²) in [6.45, 7) is 5.83. The third-order valence-electron chi connectivity index (χ3n) is 2.76. The molecule has 0 bridgehead atoms. The van der Waals surface area contributed by atoms with Crippen molar-refractivity contribution in [2.75, 3.05) is 18.5 Å². The molecule has 0 aliphatic carbocycles. The van der Waals surface area contributed by atoms with Crippen molar-refractivity contribution in [2.45, 2.75) is 20.8 Å². The highest BCUT2D eigenvalue weighted by Gasteiger charge is 2.25. The van der Waals surface area contributed by atoms with Gasteiger partial charge in [-0.15, -0.1) is 12.4 Å². The Morgan fingerprint density at radius 2 is 2.00 bits per heavy atom. The number of anilines is 1. The number of nitrogens with two attached hydrogens (primary N) is 1. The predicted octanol–water partition coefficient (Wildman–Crippen LogP) is 2.21. The molecule has 1 aromatic rings. The fourth-order valence-electron chi connectivity index (χ4n) is 1.33. The molecule has 6 heteroatoms. The maximum atomic E-state index is 12.0. The highest BCUT2D eigenvalue weighted by Crippen LogP contribution is 2.18. The number of ether oxygens (including phenoxy) is 1. The van der Waals surface area contributed by atoms with Crippen molar-refractivity contribution in [1.82, 2.24) is 0 Å². The number of carbonyl (C=O) groups excluding carboxylic acids is 2. The van der Waals surface area contributed by atoms with Gasteiger partial charge in [-0.2, -0.15) is 0 Å². The first-order chi connectivity index (χ1) is 8.90. The molecular formula is C14H21ClN2O3. The van der Waals surface area contributed by atoms with E-state index in [9.17, 15) is 9.59 Å². The third-order valence-corrected chi connectivity index (χ3v) is 2.76. The van der Waals surface area contributed by atoms with Crippen LogP contribution in [0.3, 0.4) is 0 Å². The van der Waals surface area contributed by atoms with Crippen LogP contribution in [0.1, 0.15) is 31.1 Å². The van der Waals surface area contributed by atoms with Gasteiger partial charge in [0, 0.05) is 12.2 Å². The molecule has 0 saturated heterocycles. The number of halogens is 1. The summed E-state index contributed by atoms with van der Waals surface area (Å²) in [4.78, 5) is 23.5. The summed E-state index contributed by atoms with van der Waals surface area (Å²) in [5.74, 6) is -0.590. The molecule has 5 nitrogen and oxygen atoms in total. The number of esters is 1. The van der Waals surface area contributed by atoms with E-state index in [2.05, 4.69) is 5.32 Å². The first-order valence-electron chi connectivity index (χ1n) is 6.19. The van der Waals surface area contributed by atoms with Gasteiger partial charge in [0.25, 0.3) is 0 Å². The van der Waals surface area contributed by atoms with Crippen molar-refractivity contribution in [2.24, 2.45) is 11.1 Å². The lowest BCUT2D eigenvalue weighted by Gasteiger charge is -2.21. The smallest absolute Gasteiger partial charge is 0.338 e. The van der Waals surface area contributed by atoms with Crippen LogP contribution in [0.25, 0.3) is 0 Å². The molecule has 1 aromatic carbocycles. The maximum absolute atomic E-state index is 12.0. The Bertz CT molecular complexity index is 475. The second kappa shape index (κ2) is 7.87. The number of carbonyl (C=O) groups is 2. The van der Waals surface area contributed by atoms with Crippen LogP contribution in [0.2, 0.25) is 0 Å². The Kier molecular flexibility index (Phi) is 7.24. The molecule has 0 aromatic heterocycles. The lowest BCUT2D eigenvalue weighted by Crippen LogP contribution is -2.37. The molecule has 0 spiro atoms. The topological polar surface area (TPSA) is 81.4 Å². The highest BCUT2D eigenvalue weighted by atomic mass is 35.5. The van der Waals surface area contributed by atoms with Gasteiger partial charge in [0.15, 0.2) is 0 Å². The fraction of sp³-hybridized carbons (Fsp3) is 0.429. The molecule has 0 aliphatic heterocycles. The van der Waals surface area contributed by atoms with E-state index in [-0.39, 0.29) is 24.9 Å². The lowest BCUT2D eigenvalue weighted by molar-refractivity contribution is -0.123. The van der Waals surface area contributed by atoms with Gasteiger partial charge < -0.3 is 15.8 Å². The van der Waals surface area contributed by atoms with Gasteiger partial charge in [0.2, 0.25) is 5.91 Å². The predicted molar refractivity (Wildman–Crippen MR) is 81.1 cm³/mol. The minimum atomic E-state index is -0.653. The molecule has 0 heterocycles. The molecule has 1 amide bonds. The Hall–Kier alpha value is -1.59. The molecule has 0 saturated carbocycles. The van der Waals surface area contributed by atoms with Crippen LogP contribution in [0.4, 0.5) is 5.69 Å². The Morgan fingerprint density at radius 3 is 2.55 bits per heavy atom. The molecule has 0 atom stereocenters. The van der Waals surface area contributed by atoms with Crippen molar-refractivity contribution in [3.63, 3.8) is 0 Å². The van der Waals surface area contributed by atoms with E-state index >= 15 is 0 Å². The van der Waals surface area contributed by atoms with E-state index in [1.54, 1.807) is 45.0 Å². The first kappa shape index (κ1) is 18.4. The molecule has 1 rings (SSSR count). The molecule has 0 aliphatic rings. The van der Waals surface area contributed by atoms with Crippen LogP contribution in [-0.4, -0.2) is 25.0 Å². The largest absolute Gasteiger partial charge is 0.462 e. The van der Waals surface area contributed by atoms with E-state index < -0.39 is 11.4 Å². The lowest BCUT2D eigenvalue weighted by atomic mass is 9.92. The second-order valence-electron chi connectivity index (χ2n) is 4.84. The minimum absolute atomic E-state index is 0. The normalized spacial score (nSPS) is 10.4. The van der Waals surface area contributed by atoms with Crippen LogP contribution < -0.4 is 11.1 Å². The standard InChI is InChI=1S/C14H20N2O3.ClH/c1-4-19-12(17)10-6-5-7-11(8-10)16-13(18)14(2,3)9-15;/h5-8H,4,9,15H2,1-3H3,(H,16,18);1H. The second-order valence-corrected chi connectivity index (χ2v) is 4.84. The minimum Gasteiger partial charge on any atom is -0.462 e. The van der Waals surface area contributed by atoms with Gasteiger partial charge in [0.05, 0.1) is 17.6 Å². The molecule has 0 fully saturated rings. The van der Waals surface area contributed by atoms with E-state index in [1.807, 2.05) is 0 Å². The number of nitrogens with one attached hydrogen (secondary N) is 1. The summed E-state index contributed by atoms with van der Waals surface area (Å²) < 4.78 is 4.90. The van der Waals surface area contributed by atoms with Crippen molar-refractivity contribution in [1.29, 1.82) is 0 Å². The van der Waals surface area contributed by atoms with E-state index in [0.29, 0.717) is 17.9 Å². The van der Waals surface area contributed by atoms with Crippen molar-refractivity contribution < 1.29 is 14.3 Å². The molecule has 0 radical (unpaired) electrons. The van der Waals surface area contributed by atoms with Crippen LogP contribution in [0.15, 0.2) is 24.3 Å². The van der Waals surface area contributed by atoms with Gasteiger partial charge in [-0.1, -0.05) is 6.07 Å². The number of rotatable bonds is 5. The van der Waals surface area contributed by atoms with Crippen LogP contribution in [0, 0.1) is 5.41 Å². The van der Waals surface area contributed by atoms with Gasteiger partial charge in [0.1, 0.15) is 0 Å². The van der Waals surface area contributed by atoms with E-state index in [0.717, 1.165) is 0 Å². The maximum Gasteiger partial charge on any atom is 0.338 e. The average molecular weight is 301 g/mol. The highest BCUT2D eigenvalue weighted by molar-refractivity contribution is 5.97. The third kappa shape index (κ3) is 4.83.